The minimum Gasteiger partial charge on any atom is -0.328 e. The maximum atomic E-state index is 12.5. The Labute approximate surface area is 141 Å². The molecule has 0 aliphatic rings. The summed E-state index contributed by atoms with van der Waals surface area (Å²) in [4.78, 5) is 4.61. The lowest BCUT2D eigenvalue weighted by Gasteiger charge is -2.09. The molecule has 0 amide bonds. The summed E-state index contributed by atoms with van der Waals surface area (Å²) in [5, 5.41) is 6.64. The van der Waals surface area contributed by atoms with E-state index in [1.807, 2.05) is 24.5 Å². The molecule has 128 valence electrons. The number of hydrogen-bond acceptors (Lipinski definition) is 4. The number of aromatic nitrogens is 4. The summed E-state index contributed by atoms with van der Waals surface area (Å²) in [5.41, 5.74) is 3.75. The number of benzene rings is 1. The molecule has 24 heavy (non-hydrogen) atoms. The van der Waals surface area contributed by atoms with Crippen LogP contribution in [0.25, 0.3) is 11.0 Å². The number of fused-ring (bicyclic) bond motifs is 1. The number of rotatable bonds is 5. The predicted octanol–water partition coefficient (Wildman–Crippen LogP) is 2.44. The first kappa shape index (κ1) is 16.7. The first-order valence-electron chi connectivity index (χ1n) is 7.76. The van der Waals surface area contributed by atoms with Crippen molar-refractivity contribution in [3.05, 3.63) is 41.5 Å². The Morgan fingerprint density at radius 3 is 2.67 bits per heavy atom. The minimum atomic E-state index is -3.61. The molecule has 0 saturated carbocycles. The van der Waals surface area contributed by atoms with Crippen molar-refractivity contribution in [2.45, 2.75) is 45.2 Å². The molecule has 0 fully saturated rings. The minimum absolute atomic E-state index is 0.205. The Bertz CT molecular complexity index is 966. The van der Waals surface area contributed by atoms with E-state index in [0.717, 1.165) is 16.6 Å². The van der Waals surface area contributed by atoms with Crippen molar-refractivity contribution in [3.8, 4) is 0 Å². The first-order chi connectivity index (χ1) is 11.3. The van der Waals surface area contributed by atoms with Crippen LogP contribution >= 0.6 is 0 Å². The van der Waals surface area contributed by atoms with Gasteiger partial charge in [0.15, 0.2) is 0 Å². The molecule has 0 spiro atoms. The molecule has 0 unspecified atom stereocenters. The second-order valence-electron chi connectivity index (χ2n) is 6.16. The Morgan fingerprint density at radius 1 is 1.29 bits per heavy atom. The van der Waals surface area contributed by atoms with E-state index < -0.39 is 10.0 Å². The van der Waals surface area contributed by atoms with Gasteiger partial charge >= 0.3 is 0 Å². The maximum Gasteiger partial charge on any atom is 0.244 e. The van der Waals surface area contributed by atoms with Gasteiger partial charge in [0.25, 0.3) is 0 Å². The summed E-state index contributed by atoms with van der Waals surface area (Å²) < 4.78 is 29.7. The average molecular weight is 347 g/mol. The molecule has 2 heterocycles. The van der Waals surface area contributed by atoms with E-state index in [0.29, 0.717) is 17.4 Å². The third-order valence-corrected chi connectivity index (χ3v) is 5.65. The molecule has 8 heteroatoms. The fourth-order valence-electron chi connectivity index (χ4n) is 2.79. The van der Waals surface area contributed by atoms with Gasteiger partial charge in [-0.3, -0.25) is 5.10 Å². The summed E-state index contributed by atoms with van der Waals surface area (Å²) in [6.45, 7) is 7.76. The van der Waals surface area contributed by atoms with Crippen LogP contribution in [0.5, 0.6) is 0 Å². The lowest BCUT2D eigenvalue weighted by molar-refractivity contribution is 0.580. The van der Waals surface area contributed by atoms with Gasteiger partial charge in [-0.2, -0.15) is 5.10 Å². The number of aromatic amines is 1. The Morgan fingerprint density at radius 2 is 2.04 bits per heavy atom. The van der Waals surface area contributed by atoms with Crippen molar-refractivity contribution in [1.82, 2.24) is 24.5 Å². The van der Waals surface area contributed by atoms with Gasteiger partial charge in [0.1, 0.15) is 4.90 Å². The van der Waals surface area contributed by atoms with Crippen molar-refractivity contribution >= 4 is 21.1 Å². The lowest BCUT2D eigenvalue weighted by atomic mass is 10.2. The van der Waals surface area contributed by atoms with Crippen LogP contribution in [-0.2, 0) is 16.6 Å². The van der Waals surface area contributed by atoms with Gasteiger partial charge in [0.05, 0.1) is 28.7 Å². The molecule has 0 aliphatic heterocycles. The summed E-state index contributed by atoms with van der Waals surface area (Å²) in [5.74, 6) is 0. The normalized spacial score (nSPS) is 12.4. The quantitative estimate of drug-likeness (QED) is 0.741. The first-order valence-corrected chi connectivity index (χ1v) is 9.24. The topological polar surface area (TPSA) is 92.7 Å². The average Bonchev–Trinajstić information content (AvgIpc) is 3.08. The molecule has 2 aromatic heterocycles. The number of H-pyrrole nitrogens is 1. The Kier molecular flexibility index (Phi) is 4.18. The number of nitrogens with one attached hydrogen (secondary N) is 2. The molecule has 0 radical (unpaired) electrons. The highest BCUT2D eigenvalue weighted by Gasteiger charge is 2.21. The zero-order valence-corrected chi connectivity index (χ0v) is 15.0. The second kappa shape index (κ2) is 6.03. The van der Waals surface area contributed by atoms with Crippen molar-refractivity contribution in [2.24, 2.45) is 0 Å². The van der Waals surface area contributed by atoms with E-state index in [1.54, 1.807) is 13.8 Å². The molecular weight excluding hydrogens is 326 g/mol. The van der Waals surface area contributed by atoms with Gasteiger partial charge in [-0.05, 0) is 45.4 Å². The standard InChI is InChI=1S/C16H21N5O2S/c1-10(2)21-9-17-14-7-13(5-6-15(14)21)8-18-24(22,23)16-11(3)19-20-12(16)4/h5-7,9-10,18H,8H2,1-4H3,(H,19,20). The van der Waals surface area contributed by atoms with Crippen molar-refractivity contribution in [3.63, 3.8) is 0 Å². The van der Waals surface area contributed by atoms with E-state index >= 15 is 0 Å². The van der Waals surface area contributed by atoms with Crippen LogP contribution in [0.3, 0.4) is 0 Å². The molecule has 0 bridgehead atoms. The summed E-state index contributed by atoms with van der Waals surface area (Å²) in [7, 11) is -3.61. The number of nitrogens with zero attached hydrogens (tertiary/aromatic N) is 3. The molecule has 0 saturated heterocycles. The van der Waals surface area contributed by atoms with Crippen LogP contribution in [0, 0.1) is 13.8 Å². The molecule has 0 aliphatic carbocycles. The zero-order valence-electron chi connectivity index (χ0n) is 14.2. The molecule has 2 N–H and O–H groups in total. The van der Waals surface area contributed by atoms with Crippen molar-refractivity contribution in [2.75, 3.05) is 0 Å². The molecule has 0 atom stereocenters. The third kappa shape index (κ3) is 2.94. The van der Waals surface area contributed by atoms with E-state index in [2.05, 4.69) is 38.3 Å². The van der Waals surface area contributed by atoms with Crippen molar-refractivity contribution in [1.29, 1.82) is 0 Å². The summed E-state index contributed by atoms with van der Waals surface area (Å²) in [6, 6.07) is 6.12. The van der Waals surface area contributed by atoms with Crippen LogP contribution < -0.4 is 4.72 Å². The van der Waals surface area contributed by atoms with Gasteiger partial charge in [0, 0.05) is 12.6 Å². The van der Waals surface area contributed by atoms with Crippen LogP contribution in [0.15, 0.2) is 29.4 Å². The van der Waals surface area contributed by atoms with E-state index in [9.17, 15) is 8.42 Å². The second-order valence-corrected chi connectivity index (χ2v) is 7.86. The third-order valence-electron chi connectivity index (χ3n) is 3.99. The smallest absolute Gasteiger partial charge is 0.244 e. The van der Waals surface area contributed by atoms with E-state index in [-0.39, 0.29) is 11.4 Å². The van der Waals surface area contributed by atoms with Gasteiger partial charge in [-0.15, -0.1) is 0 Å². The monoisotopic (exact) mass is 347 g/mol. The van der Waals surface area contributed by atoms with Crippen LogP contribution in [0.2, 0.25) is 0 Å². The molecule has 7 nitrogen and oxygen atoms in total. The SMILES string of the molecule is Cc1n[nH]c(C)c1S(=O)(=O)NCc1ccc2c(c1)ncn2C(C)C. The number of sulfonamides is 1. The van der Waals surface area contributed by atoms with Gasteiger partial charge < -0.3 is 4.57 Å². The van der Waals surface area contributed by atoms with Crippen LogP contribution in [0.1, 0.15) is 36.8 Å². The van der Waals surface area contributed by atoms with Gasteiger partial charge in [-0.1, -0.05) is 6.07 Å². The highest BCUT2D eigenvalue weighted by Crippen LogP contribution is 2.20. The predicted molar refractivity (Wildman–Crippen MR) is 92.2 cm³/mol. The Balaban J connectivity index is 1.83. The van der Waals surface area contributed by atoms with Crippen LogP contribution in [-0.4, -0.2) is 28.2 Å². The fraction of sp³-hybridized carbons (Fsp3) is 0.375. The summed E-state index contributed by atoms with van der Waals surface area (Å²) >= 11 is 0. The van der Waals surface area contributed by atoms with Crippen LogP contribution in [0.4, 0.5) is 0 Å². The van der Waals surface area contributed by atoms with Crippen molar-refractivity contribution < 1.29 is 8.42 Å². The number of aryl methyl sites for hydroxylation is 2. The fourth-order valence-corrected chi connectivity index (χ4v) is 4.17. The zero-order chi connectivity index (χ0) is 17.5. The lowest BCUT2D eigenvalue weighted by Crippen LogP contribution is -2.24. The number of hydrogen-bond donors (Lipinski definition) is 2. The summed E-state index contributed by atoms with van der Waals surface area (Å²) in [6.07, 6.45) is 1.81. The van der Waals surface area contributed by atoms with Gasteiger partial charge in [0.2, 0.25) is 10.0 Å². The van der Waals surface area contributed by atoms with E-state index in [4.69, 9.17) is 0 Å². The highest BCUT2D eigenvalue weighted by molar-refractivity contribution is 7.89. The Hall–Kier alpha value is -2.19. The molecular formula is C16H21N5O2S. The number of imidazole rings is 1. The largest absolute Gasteiger partial charge is 0.328 e. The molecule has 3 aromatic rings. The highest BCUT2D eigenvalue weighted by atomic mass is 32.2. The molecule has 1 aromatic carbocycles. The maximum absolute atomic E-state index is 12.5. The van der Waals surface area contributed by atoms with Gasteiger partial charge in [-0.25, -0.2) is 18.1 Å². The molecule has 3 rings (SSSR count). The van der Waals surface area contributed by atoms with E-state index in [1.165, 1.54) is 0 Å².